The molecule has 0 saturated carbocycles. The van der Waals surface area contributed by atoms with Gasteiger partial charge in [0, 0.05) is 39.5 Å². The highest BCUT2D eigenvalue weighted by Crippen LogP contribution is 2.37. The van der Waals surface area contributed by atoms with E-state index >= 15 is 0 Å². The average molecular weight is 388 g/mol. The van der Waals surface area contributed by atoms with Crippen molar-refractivity contribution in [3.05, 3.63) is 0 Å². The van der Waals surface area contributed by atoms with E-state index in [2.05, 4.69) is 0 Å². The third kappa shape index (κ3) is 6.82. The Morgan fingerprint density at radius 3 is 2.22 bits per heavy atom. The molecule has 1 saturated heterocycles. The Balaban J connectivity index is 3.03. The zero-order valence-electron chi connectivity index (χ0n) is 16.6. The molecule has 0 radical (unpaired) electrons. The van der Waals surface area contributed by atoms with Gasteiger partial charge in [-0.1, -0.05) is 6.92 Å². The maximum atomic E-state index is 12.2. The molecule has 5 unspecified atom stereocenters. The van der Waals surface area contributed by atoms with Gasteiger partial charge in [-0.05, 0) is 6.92 Å². The SMILES string of the molecule is COC(=O)C1(C)CC(OC(C)=O)C(C)C(CC(COC(C)=O)OC(C)=O)O1. The van der Waals surface area contributed by atoms with E-state index < -0.39 is 47.8 Å². The highest BCUT2D eigenvalue weighted by atomic mass is 16.6. The number of hydrogen-bond acceptors (Lipinski definition) is 9. The van der Waals surface area contributed by atoms with Gasteiger partial charge in [0.2, 0.25) is 0 Å². The zero-order valence-corrected chi connectivity index (χ0v) is 16.6. The second-order valence-electron chi connectivity index (χ2n) is 6.86. The van der Waals surface area contributed by atoms with Crippen molar-refractivity contribution in [2.45, 2.75) is 71.4 Å². The molecule has 154 valence electrons. The first kappa shape index (κ1) is 22.9. The molecule has 0 N–H and O–H groups in total. The van der Waals surface area contributed by atoms with E-state index in [9.17, 15) is 19.2 Å². The Hall–Kier alpha value is -2.16. The Morgan fingerprint density at radius 1 is 1.11 bits per heavy atom. The minimum absolute atomic E-state index is 0.138. The van der Waals surface area contributed by atoms with Crippen molar-refractivity contribution in [2.24, 2.45) is 5.92 Å². The summed E-state index contributed by atoms with van der Waals surface area (Å²) < 4.78 is 26.3. The number of ether oxygens (including phenoxy) is 5. The molecule has 9 heteroatoms. The second-order valence-corrected chi connectivity index (χ2v) is 6.86. The maximum Gasteiger partial charge on any atom is 0.337 e. The van der Waals surface area contributed by atoms with Gasteiger partial charge in [-0.2, -0.15) is 0 Å². The molecule has 0 bridgehead atoms. The number of rotatable bonds is 7. The number of hydrogen-bond donors (Lipinski definition) is 0. The second kappa shape index (κ2) is 9.68. The molecular weight excluding hydrogens is 360 g/mol. The quantitative estimate of drug-likeness (QED) is 0.468. The first-order chi connectivity index (χ1) is 12.5. The summed E-state index contributed by atoms with van der Waals surface area (Å²) in [4.78, 5) is 46.1. The van der Waals surface area contributed by atoms with Crippen LogP contribution < -0.4 is 0 Å². The lowest BCUT2D eigenvalue weighted by molar-refractivity contribution is -0.219. The van der Waals surface area contributed by atoms with Crippen molar-refractivity contribution >= 4 is 23.9 Å². The van der Waals surface area contributed by atoms with Crippen LogP contribution in [0.4, 0.5) is 0 Å². The van der Waals surface area contributed by atoms with Gasteiger partial charge in [0.05, 0.1) is 13.2 Å². The van der Waals surface area contributed by atoms with Crippen LogP contribution in [-0.2, 0) is 42.9 Å². The summed E-state index contributed by atoms with van der Waals surface area (Å²) in [7, 11) is 1.24. The minimum atomic E-state index is -1.33. The van der Waals surface area contributed by atoms with Gasteiger partial charge in [0.15, 0.2) is 5.60 Å². The standard InChI is InChI=1S/C18H28O9/c1-10-15(7-14(25-12(3)20)9-24-11(2)19)27-18(5,17(22)23-6)8-16(10)26-13(4)21/h10,14-16H,7-9H2,1-6H3. The van der Waals surface area contributed by atoms with Crippen LogP contribution in [0.3, 0.4) is 0 Å². The summed E-state index contributed by atoms with van der Waals surface area (Å²) in [5, 5.41) is 0. The van der Waals surface area contributed by atoms with Crippen molar-refractivity contribution in [1.29, 1.82) is 0 Å². The van der Waals surface area contributed by atoms with Crippen LogP contribution in [0.2, 0.25) is 0 Å². The number of esters is 4. The molecule has 0 amide bonds. The van der Waals surface area contributed by atoms with E-state index in [4.69, 9.17) is 23.7 Å². The normalized spacial score (nSPS) is 28.6. The van der Waals surface area contributed by atoms with E-state index in [1.54, 1.807) is 6.92 Å². The third-order valence-corrected chi connectivity index (χ3v) is 4.41. The molecule has 0 aromatic carbocycles. The van der Waals surface area contributed by atoms with Crippen molar-refractivity contribution in [2.75, 3.05) is 13.7 Å². The predicted octanol–water partition coefficient (Wildman–Crippen LogP) is 1.16. The Kier molecular flexibility index (Phi) is 8.20. The lowest BCUT2D eigenvalue weighted by atomic mass is 9.82. The first-order valence-electron chi connectivity index (χ1n) is 8.72. The van der Waals surface area contributed by atoms with Gasteiger partial charge in [-0.3, -0.25) is 14.4 Å². The summed E-state index contributed by atoms with van der Waals surface area (Å²) >= 11 is 0. The van der Waals surface area contributed by atoms with Crippen LogP contribution in [0.5, 0.6) is 0 Å². The number of methoxy groups -OCH3 is 1. The lowest BCUT2D eigenvalue weighted by Crippen LogP contribution is -2.55. The Labute approximate surface area is 158 Å². The van der Waals surface area contributed by atoms with E-state index in [0.717, 1.165) is 0 Å². The van der Waals surface area contributed by atoms with Crippen LogP contribution in [-0.4, -0.2) is 61.5 Å². The van der Waals surface area contributed by atoms with Gasteiger partial charge in [0.25, 0.3) is 0 Å². The first-order valence-corrected chi connectivity index (χ1v) is 8.72. The van der Waals surface area contributed by atoms with Gasteiger partial charge < -0.3 is 23.7 Å². The molecule has 1 rings (SSSR count). The van der Waals surface area contributed by atoms with Gasteiger partial charge in [-0.15, -0.1) is 0 Å². The van der Waals surface area contributed by atoms with E-state index in [1.807, 2.05) is 6.92 Å². The minimum Gasteiger partial charge on any atom is -0.467 e. The highest BCUT2D eigenvalue weighted by Gasteiger charge is 2.50. The van der Waals surface area contributed by atoms with Crippen LogP contribution in [0, 0.1) is 5.92 Å². The van der Waals surface area contributed by atoms with E-state index in [0.29, 0.717) is 0 Å². The number of carbonyl (C=O) groups is 4. The van der Waals surface area contributed by atoms with E-state index in [1.165, 1.54) is 27.9 Å². The molecule has 1 fully saturated rings. The molecule has 0 aliphatic carbocycles. The Bertz CT molecular complexity index is 573. The zero-order chi connectivity index (χ0) is 20.8. The molecule has 9 nitrogen and oxygen atoms in total. The molecule has 1 aliphatic heterocycles. The lowest BCUT2D eigenvalue weighted by Gasteiger charge is -2.44. The topological polar surface area (TPSA) is 114 Å². The molecule has 0 aromatic heterocycles. The monoisotopic (exact) mass is 388 g/mol. The van der Waals surface area contributed by atoms with Crippen LogP contribution in [0.25, 0.3) is 0 Å². The van der Waals surface area contributed by atoms with Crippen LogP contribution in [0.15, 0.2) is 0 Å². The van der Waals surface area contributed by atoms with Crippen molar-refractivity contribution < 1.29 is 42.9 Å². The largest absolute Gasteiger partial charge is 0.467 e. The average Bonchev–Trinajstić information content (AvgIpc) is 2.55. The predicted molar refractivity (Wildman–Crippen MR) is 91.4 cm³/mol. The third-order valence-electron chi connectivity index (χ3n) is 4.41. The summed E-state index contributed by atoms with van der Waals surface area (Å²) in [5.41, 5.74) is -1.33. The molecule has 5 atom stereocenters. The fraction of sp³-hybridized carbons (Fsp3) is 0.778. The van der Waals surface area contributed by atoms with Crippen LogP contribution >= 0.6 is 0 Å². The summed E-state index contributed by atoms with van der Waals surface area (Å²) in [6.07, 6.45) is -1.67. The number of carbonyl (C=O) groups excluding carboxylic acids is 4. The van der Waals surface area contributed by atoms with Crippen molar-refractivity contribution in [3.63, 3.8) is 0 Å². The van der Waals surface area contributed by atoms with E-state index in [-0.39, 0.29) is 25.4 Å². The molecule has 1 heterocycles. The molecular formula is C18H28O9. The smallest absolute Gasteiger partial charge is 0.337 e. The van der Waals surface area contributed by atoms with Crippen molar-refractivity contribution in [1.82, 2.24) is 0 Å². The van der Waals surface area contributed by atoms with Gasteiger partial charge in [0.1, 0.15) is 18.8 Å². The molecule has 0 aromatic rings. The summed E-state index contributed by atoms with van der Waals surface area (Å²) in [6, 6.07) is 0. The summed E-state index contributed by atoms with van der Waals surface area (Å²) in [6.45, 7) is 7.00. The molecule has 1 aliphatic rings. The van der Waals surface area contributed by atoms with Crippen LogP contribution in [0.1, 0.15) is 47.5 Å². The maximum absolute atomic E-state index is 12.2. The fourth-order valence-electron chi connectivity index (χ4n) is 3.13. The Morgan fingerprint density at radius 2 is 1.74 bits per heavy atom. The fourth-order valence-corrected chi connectivity index (χ4v) is 3.13. The molecule has 0 spiro atoms. The summed E-state index contributed by atoms with van der Waals surface area (Å²) in [5.74, 6) is -2.41. The van der Waals surface area contributed by atoms with Crippen molar-refractivity contribution in [3.8, 4) is 0 Å². The molecule has 27 heavy (non-hydrogen) atoms. The highest BCUT2D eigenvalue weighted by molar-refractivity contribution is 5.79. The van der Waals surface area contributed by atoms with Gasteiger partial charge in [-0.25, -0.2) is 4.79 Å². The van der Waals surface area contributed by atoms with Gasteiger partial charge >= 0.3 is 23.9 Å².